The molecule has 1 saturated heterocycles. The lowest BCUT2D eigenvalue weighted by Gasteiger charge is -2.26. The van der Waals surface area contributed by atoms with Crippen LogP contribution in [-0.4, -0.2) is 45.1 Å². The van der Waals surface area contributed by atoms with Crippen LogP contribution in [0.15, 0.2) is 24.3 Å². The van der Waals surface area contributed by atoms with E-state index in [2.05, 4.69) is 10.3 Å². The van der Waals surface area contributed by atoms with Crippen LogP contribution in [0.25, 0.3) is 0 Å². The number of imidazole rings is 1. The molecule has 7 nitrogen and oxygen atoms in total. The number of hydrogen-bond acceptors (Lipinski definition) is 4. The summed E-state index contributed by atoms with van der Waals surface area (Å²) in [6, 6.07) is 6.84. The summed E-state index contributed by atoms with van der Waals surface area (Å²) in [4.78, 5) is 44.0. The Morgan fingerprint density at radius 3 is 2.52 bits per heavy atom. The minimum Gasteiger partial charge on any atom is -0.337 e. The predicted octanol–water partition coefficient (Wildman–Crippen LogP) is 3.30. The van der Waals surface area contributed by atoms with Crippen LogP contribution < -0.4 is 5.32 Å². The van der Waals surface area contributed by atoms with E-state index in [1.165, 1.54) is 6.92 Å². The number of piperidine rings is 1. The van der Waals surface area contributed by atoms with Gasteiger partial charge in [-0.15, -0.1) is 0 Å². The summed E-state index contributed by atoms with van der Waals surface area (Å²) in [7, 11) is 0. The molecule has 2 amide bonds. The van der Waals surface area contributed by atoms with Crippen molar-refractivity contribution < 1.29 is 14.4 Å². The van der Waals surface area contributed by atoms with Crippen molar-refractivity contribution in [3.8, 4) is 0 Å². The molecule has 0 saturated carbocycles. The molecule has 1 fully saturated rings. The number of ketones is 1. The molecule has 0 radical (unpaired) electrons. The summed E-state index contributed by atoms with van der Waals surface area (Å²) in [5.74, 6) is -0.207. The maximum absolute atomic E-state index is 13.1. The van der Waals surface area contributed by atoms with Crippen molar-refractivity contribution in [2.75, 3.05) is 18.4 Å². The van der Waals surface area contributed by atoms with Crippen LogP contribution in [0.1, 0.15) is 76.2 Å². The number of hydrogen-bond donors (Lipinski definition) is 1. The molecule has 1 aromatic carbocycles. The summed E-state index contributed by atoms with van der Waals surface area (Å²) >= 11 is 0. The fourth-order valence-corrected chi connectivity index (χ4v) is 4.14. The summed E-state index contributed by atoms with van der Waals surface area (Å²) in [5.41, 5.74) is 2.37. The minimum absolute atomic E-state index is 0.0614. The van der Waals surface area contributed by atoms with Crippen LogP contribution in [0.3, 0.4) is 0 Å². The van der Waals surface area contributed by atoms with Gasteiger partial charge in [0.25, 0.3) is 11.8 Å². The van der Waals surface area contributed by atoms with E-state index < -0.39 is 0 Å². The first kappa shape index (κ1) is 19.4. The Hall–Kier alpha value is -2.96. The molecule has 0 spiro atoms. The summed E-state index contributed by atoms with van der Waals surface area (Å²) in [5, 5.41) is 2.84. The summed E-state index contributed by atoms with van der Waals surface area (Å²) < 4.78 is 1.89. The fourth-order valence-electron chi connectivity index (χ4n) is 4.14. The van der Waals surface area contributed by atoms with E-state index in [-0.39, 0.29) is 23.4 Å². The van der Waals surface area contributed by atoms with Gasteiger partial charge in [-0.05, 0) is 57.6 Å². The van der Waals surface area contributed by atoms with Crippen molar-refractivity contribution in [3.05, 3.63) is 47.0 Å². The van der Waals surface area contributed by atoms with Crippen LogP contribution in [-0.2, 0) is 13.0 Å². The molecule has 1 N–H and O–H groups in total. The molecule has 4 rings (SSSR count). The largest absolute Gasteiger partial charge is 0.337 e. The maximum Gasteiger partial charge on any atom is 0.291 e. The molecule has 0 aliphatic carbocycles. The SMILES string of the molecule is CC(=O)c1cccc(NC(=O)c2nc(C(=O)N3CCCCC3)c3n2CCCC3)c1. The van der Waals surface area contributed by atoms with Gasteiger partial charge in [-0.25, -0.2) is 4.98 Å². The van der Waals surface area contributed by atoms with Gasteiger partial charge in [0, 0.05) is 30.9 Å². The molecular weight excluding hydrogens is 368 g/mol. The fraction of sp³-hybridized carbons (Fsp3) is 0.455. The number of nitrogens with one attached hydrogen (secondary N) is 1. The number of benzene rings is 1. The number of anilines is 1. The Morgan fingerprint density at radius 1 is 1.00 bits per heavy atom. The van der Waals surface area contributed by atoms with Crippen molar-refractivity contribution in [1.82, 2.24) is 14.5 Å². The number of rotatable bonds is 4. The molecule has 0 atom stereocenters. The molecule has 2 aliphatic rings. The molecule has 3 heterocycles. The van der Waals surface area contributed by atoms with E-state index in [1.807, 2.05) is 9.47 Å². The van der Waals surface area contributed by atoms with E-state index in [0.29, 0.717) is 23.5 Å². The number of likely N-dealkylation sites (tertiary alicyclic amines) is 1. The highest BCUT2D eigenvalue weighted by Gasteiger charge is 2.30. The van der Waals surface area contributed by atoms with Crippen molar-refractivity contribution in [1.29, 1.82) is 0 Å². The van der Waals surface area contributed by atoms with Crippen molar-refractivity contribution in [2.24, 2.45) is 0 Å². The second kappa shape index (κ2) is 8.19. The topological polar surface area (TPSA) is 84.3 Å². The Labute approximate surface area is 170 Å². The molecule has 29 heavy (non-hydrogen) atoms. The highest BCUT2D eigenvalue weighted by atomic mass is 16.2. The molecule has 0 bridgehead atoms. The van der Waals surface area contributed by atoms with Gasteiger partial charge in [-0.1, -0.05) is 12.1 Å². The monoisotopic (exact) mass is 394 g/mol. The summed E-state index contributed by atoms with van der Waals surface area (Å²) in [6.45, 7) is 3.69. The third-order valence-corrected chi connectivity index (χ3v) is 5.69. The Kier molecular flexibility index (Phi) is 5.47. The van der Waals surface area contributed by atoms with Gasteiger partial charge in [-0.2, -0.15) is 0 Å². The van der Waals surface area contributed by atoms with Crippen LogP contribution in [0, 0.1) is 0 Å². The number of Topliss-reactive ketones (excluding diaryl/α,β-unsaturated/α-hetero) is 1. The van der Waals surface area contributed by atoms with E-state index in [1.54, 1.807) is 24.3 Å². The normalized spacial score (nSPS) is 16.2. The smallest absolute Gasteiger partial charge is 0.291 e. The number of aromatic nitrogens is 2. The lowest BCUT2D eigenvalue weighted by molar-refractivity contribution is 0.0717. The lowest BCUT2D eigenvalue weighted by Crippen LogP contribution is -2.36. The van der Waals surface area contributed by atoms with Gasteiger partial charge in [-0.3, -0.25) is 14.4 Å². The van der Waals surface area contributed by atoms with Gasteiger partial charge in [0.15, 0.2) is 11.6 Å². The average Bonchev–Trinajstić information content (AvgIpc) is 3.14. The zero-order valence-electron chi connectivity index (χ0n) is 16.7. The van der Waals surface area contributed by atoms with Gasteiger partial charge in [0.1, 0.15) is 5.69 Å². The lowest BCUT2D eigenvalue weighted by atomic mass is 10.1. The van der Waals surface area contributed by atoms with Crippen LogP contribution in [0.4, 0.5) is 5.69 Å². The molecule has 0 unspecified atom stereocenters. The van der Waals surface area contributed by atoms with Crippen molar-refractivity contribution in [2.45, 2.75) is 52.0 Å². The first-order valence-corrected chi connectivity index (χ1v) is 10.4. The Bertz CT molecular complexity index is 957. The number of carbonyl (C=O) groups is 3. The first-order chi connectivity index (χ1) is 14.0. The van der Waals surface area contributed by atoms with Crippen molar-refractivity contribution >= 4 is 23.3 Å². The number of amides is 2. The maximum atomic E-state index is 13.1. The quantitative estimate of drug-likeness (QED) is 0.807. The Balaban J connectivity index is 1.62. The zero-order chi connectivity index (χ0) is 20.4. The predicted molar refractivity (Wildman–Crippen MR) is 109 cm³/mol. The summed E-state index contributed by atoms with van der Waals surface area (Å²) in [6.07, 6.45) is 5.89. The number of fused-ring (bicyclic) bond motifs is 1. The zero-order valence-corrected chi connectivity index (χ0v) is 16.7. The van der Waals surface area contributed by atoms with E-state index >= 15 is 0 Å². The molecule has 7 heteroatoms. The third-order valence-electron chi connectivity index (χ3n) is 5.69. The van der Waals surface area contributed by atoms with Gasteiger partial charge < -0.3 is 14.8 Å². The van der Waals surface area contributed by atoms with Crippen molar-refractivity contribution in [3.63, 3.8) is 0 Å². The number of nitrogens with zero attached hydrogens (tertiary/aromatic N) is 3. The van der Waals surface area contributed by atoms with Gasteiger partial charge >= 0.3 is 0 Å². The molecule has 152 valence electrons. The van der Waals surface area contributed by atoms with Gasteiger partial charge in [0.2, 0.25) is 0 Å². The standard InChI is InChI=1S/C22H26N4O3/c1-15(27)16-8-7-9-17(14-16)23-21(28)20-24-19(18-10-3-6-13-26(18)20)22(29)25-11-4-2-5-12-25/h7-9,14H,2-6,10-13H2,1H3,(H,23,28). The molecular formula is C22H26N4O3. The van der Waals surface area contributed by atoms with E-state index in [0.717, 1.165) is 57.3 Å². The highest BCUT2D eigenvalue weighted by Crippen LogP contribution is 2.24. The van der Waals surface area contributed by atoms with E-state index in [4.69, 9.17) is 0 Å². The molecule has 1 aromatic heterocycles. The molecule has 2 aromatic rings. The van der Waals surface area contributed by atoms with E-state index in [9.17, 15) is 14.4 Å². The van der Waals surface area contributed by atoms with Gasteiger partial charge in [0.05, 0.1) is 5.69 Å². The second-order valence-electron chi connectivity index (χ2n) is 7.78. The third kappa shape index (κ3) is 3.95. The second-order valence-corrected chi connectivity index (χ2v) is 7.78. The molecule has 2 aliphatic heterocycles. The van der Waals surface area contributed by atoms with Crippen LogP contribution in [0.5, 0.6) is 0 Å². The van der Waals surface area contributed by atoms with Crippen LogP contribution >= 0.6 is 0 Å². The highest BCUT2D eigenvalue weighted by molar-refractivity contribution is 6.04. The average molecular weight is 394 g/mol. The first-order valence-electron chi connectivity index (χ1n) is 10.4. The van der Waals surface area contributed by atoms with Crippen LogP contribution in [0.2, 0.25) is 0 Å². The Morgan fingerprint density at radius 2 is 1.76 bits per heavy atom. The minimum atomic E-state index is -0.355. The number of carbonyl (C=O) groups excluding carboxylic acids is 3.